The van der Waals surface area contributed by atoms with Gasteiger partial charge in [-0.05, 0) is 45.5 Å². The third-order valence-electron chi connectivity index (χ3n) is 2.84. The number of benzene rings is 1. The van der Waals surface area contributed by atoms with Crippen molar-refractivity contribution in [3.63, 3.8) is 0 Å². The van der Waals surface area contributed by atoms with E-state index in [9.17, 15) is 0 Å². The minimum atomic E-state index is 0.182. The normalized spacial score (nSPS) is 12.1. The molecule has 0 spiro atoms. The highest BCUT2D eigenvalue weighted by molar-refractivity contribution is 5.22. The molecule has 0 aromatic heterocycles. The topological polar surface area (TPSA) is 15.3 Å². The van der Waals surface area contributed by atoms with Gasteiger partial charge in [-0.3, -0.25) is 0 Å². The van der Waals surface area contributed by atoms with E-state index in [1.165, 1.54) is 11.1 Å². The largest absolute Gasteiger partial charge is 0.308 e. The maximum Gasteiger partial charge on any atom is 0.0230 e. The summed E-state index contributed by atoms with van der Waals surface area (Å²) in [5.41, 5.74) is 2.91. The highest BCUT2D eigenvalue weighted by Crippen LogP contribution is 2.08. The van der Waals surface area contributed by atoms with Crippen molar-refractivity contribution in [3.8, 4) is 0 Å². The maximum absolute atomic E-state index is 3.50. The smallest absolute Gasteiger partial charge is 0.0230 e. The molecular formula is C15H26N2. The van der Waals surface area contributed by atoms with Gasteiger partial charge in [0.05, 0.1) is 0 Å². The first-order valence-electron chi connectivity index (χ1n) is 6.42. The SMILES string of the molecule is CCN(C)Cc1ccc(CNC(C)(C)C)cc1. The van der Waals surface area contributed by atoms with Crippen molar-refractivity contribution in [2.45, 2.75) is 46.3 Å². The molecule has 0 aliphatic carbocycles. The molecule has 0 amide bonds. The van der Waals surface area contributed by atoms with Crippen LogP contribution < -0.4 is 5.32 Å². The molecule has 96 valence electrons. The minimum Gasteiger partial charge on any atom is -0.308 e. The Hall–Kier alpha value is -0.860. The fourth-order valence-electron chi connectivity index (χ4n) is 1.55. The van der Waals surface area contributed by atoms with Gasteiger partial charge in [-0.2, -0.15) is 0 Å². The van der Waals surface area contributed by atoms with Crippen molar-refractivity contribution in [3.05, 3.63) is 35.4 Å². The molecule has 0 saturated carbocycles. The summed E-state index contributed by atoms with van der Waals surface area (Å²) in [6.07, 6.45) is 0. The second-order valence-electron chi connectivity index (χ2n) is 5.75. The van der Waals surface area contributed by atoms with E-state index >= 15 is 0 Å². The zero-order valence-corrected chi connectivity index (χ0v) is 11.9. The van der Waals surface area contributed by atoms with Crippen molar-refractivity contribution in [2.75, 3.05) is 13.6 Å². The van der Waals surface area contributed by atoms with Crippen LogP contribution in [0.3, 0.4) is 0 Å². The van der Waals surface area contributed by atoms with Crippen LogP contribution in [-0.2, 0) is 13.1 Å². The van der Waals surface area contributed by atoms with Crippen LogP contribution >= 0.6 is 0 Å². The summed E-state index contributed by atoms with van der Waals surface area (Å²) < 4.78 is 0. The fraction of sp³-hybridized carbons (Fsp3) is 0.600. The van der Waals surface area contributed by atoms with Crippen molar-refractivity contribution < 1.29 is 0 Å². The van der Waals surface area contributed by atoms with Gasteiger partial charge in [0.1, 0.15) is 0 Å². The fourth-order valence-corrected chi connectivity index (χ4v) is 1.55. The van der Waals surface area contributed by atoms with Gasteiger partial charge in [-0.15, -0.1) is 0 Å². The average molecular weight is 234 g/mol. The zero-order valence-electron chi connectivity index (χ0n) is 11.9. The van der Waals surface area contributed by atoms with Crippen molar-refractivity contribution in [1.82, 2.24) is 10.2 Å². The van der Waals surface area contributed by atoms with Crippen LogP contribution in [0.5, 0.6) is 0 Å². The molecular weight excluding hydrogens is 208 g/mol. The van der Waals surface area contributed by atoms with Crippen LogP contribution in [0.15, 0.2) is 24.3 Å². The van der Waals surface area contributed by atoms with Gasteiger partial charge in [0.2, 0.25) is 0 Å². The molecule has 1 aromatic carbocycles. The standard InChI is InChI=1S/C15H26N2/c1-6-17(5)12-14-9-7-13(8-10-14)11-16-15(2,3)4/h7-10,16H,6,11-12H2,1-5H3. The molecule has 1 aromatic rings. The molecule has 0 saturated heterocycles. The molecule has 1 rings (SSSR count). The lowest BCUT2D eigenvalue weighted by Crippen LogP contribution is -2.35. The number of hydrogen-bond donors (Lipinski definition) is 1. The molecule has 0 heterocycles. The van der Waals surface area contributed by atoms with E-state index in [1.54, 1.807) is 0 Å². The maximum atomic E-state index is 3.50. The van der Waals surface area contributed by atoms with Crippen LogP contribution in [0, 0.1) is 0 Å². The lowest BCUT2D eigenvalue weighted by molar-refractivity contribution is 0.345. The first-order valence-corrected chi connectivity index (χ1v) is 6.42. The van der Waals surface area contributed by atoms with Gasteiger partial charge in [0.25, 0.3) is 0 Å². The molecule has 0 aliphatic rings. The Morgan fingerprint density at radius 3 is 2.06 bits per heavy atom. The Bertz CT molecular complexity index is 322. The van der Waals surface area contributed by atoms with Gasteiger partial charge in [0, 0.05) is 18.6 Å². The van der Waals surface area contributed by atoms with Crippen molar-refractivity contribution in [2.24, 2.45) is 0 Å². The van der Waals surface area contributed by atoms with E-state index in [4.69, 9.17) is 0 Å². The molecule has 0 bridgehead atoms. The molecule has 0 fully saturated rings. The highest BCUT2D eigenvalue weighted by atomic mass is 15.1. The first kappa shape index (κ1) is 14.2. The van der Waals surface area contributed by atoms with Gasteiger partial charge in [-0.1, -0.05) is 31.2 Å². The van der Waals surface area contributed by atoms with Gasteiger partial charge in [-0.25, -0.2) is 0 Å². The lowest BCUT2D eigenvalue weighted by atomic mass is 10.1. The highest BCUT2D eigenvalue weighted by Gasteiger charge is 2.08. The Kier molecular flexibility index (Phi) is 5.16. The lowest BCUT2D eigenvalue weighted by Gasteiger charge is -2.20. The summed E-state index contributed by atoms with van der Waals surface area (Å²) in [6.45, 7) is 11.8. The molecule has 1 N–H and O–H groups in total. The van der Waals surface area contributed by atoms with Crippen LogP contribution in [-0.4, -0.2) is 24.0 Å². The molecule has 0 radical (unpaired) electrons. The second kappa shape index (κ2) is 6.18. The number of hydrogen-bond acceptors (Lipinski definition) is 2. The van der Waals surface area contributed by atoms with Gasteiger partial charge >= 0.3 is 0 Å². The van der Waals surface area contributed by atoms with E-state index in [1.807, 2.05) is 0 Å². The molecule has 0 atom stereocenters. The summed E-state index contributed by atoms with van der Waals surface area (Å²) in [7, 11) is 2.15. The second-order valence-corrected chi connectivity index (χ2v) is 5.75. The van der Waals surface area contributed by atoms with Crippen molar-refractivity contribution in [1.29, 1.82) is 0 Å². The van der Waals surface area contributed by atoms with E-state index in [-0.39, 0.29) is 5.54 Å². The van der Waals surface area contributed by atoms with Crippen LogP contribution in [0.4, 0.5) is 0 Å². The minimum absolute atomic E-state index is 0.182. The number of nitrogens with zero attached hydrogens (tertiary/aromatic N) is 1. The van der Waals surface area contributed by atoms with E-state index in [0.717, 1.165) is 19.6 Å². The summed E-state index contributed by atoms with van der Waals surface area (Å²) in [4.78, 5) is 2.31. The molecule has 17 heavy (non-hydrogen) atoms. The summed E-state index contributed by atoms with van der Waals surface area (Å²) in [6, 6.07) is 8.90. The molecule has 0 unspecified atom stereocenters. The molecule has 2 nitrogen and oxygen atoms in total. The first-order chi connectivity index (χ1) is 7.90. The van der Waals surface area contributed by atoms with Crippen molar-refractivity contribution >= 4 is 0 Å². The number of nitrogens with one attached hydrogen (secondary N) is 1. The number of rotatable bonds is 5. The van der Waals surface area contributed by atoms with E-state index in [2.05, 4.69) is 69.2 Å². The predicted octanol–water partition coefficient (Wildman–Crippen LogP) is 3.03. The Labute approximate surface area is 106 Å². The zero-order chi connectivity index (χ0) is 12.9. The van der Waals surface area contributed by atoms with Gasteiger partial charge < -0.3 is 10.2 Å². The van der Waals surface area contributed by atoms with Gasteiger partial charge in [0.15, 0.2) is 0 Å². The Morgan fingerprint density at radius 1 is 1.06 bits per heavy atom. The third-order valence-corrected chi connectivity index (χ3v) is 2.84. The summed E-state index contributed by atoms with van der Waals surface area (Å²) >= 11 is 0. The quantitative estimate of drug-likeness (QED) is 0.842. The average Bonchev–Trinajstić information content (AvgIpc) is 2.27. The molecule has 2 heteroatoms. The van der Waals surface area contributed by atoms with E-state index < -0.39 is 0 Å². The van der Waals surface area contributed by atoms with E-state index in [0.29, 0.717) is 0 Å². The van der Waals surface area contributed by atoms with Crippen LogP contribution in [0.1, 0.15) is 38.8 Å². The predicted molar refractivity (Wildman–Crippen MR) is 75.0 cm³/mol. The Balaban J connectivity index is 2.50. The summed E-state index contributed by atoms with van der Waals surface area (Å²) in [5, 5.41) is 3.50. The third kappa shape index (κ3) is 5.85. The van der Waals surface area contributed by atoms with Crippen LogP contribution in [0.25, 0.3) is 0 Å². The Morgan fingerprint density at radius 2 is 1.59 bits per heavy atom. The summed E-state index contributed by atoms with van der Waals surface area (Å²) in [5.74, 6) is 0. The monoisotopic (exact) mass is 234 g/mol. The van der Waals surface area contributed by atoms with Crippen LogP contribution in [0.2, 0.25) is 0 Å². The molecule has 0 aliphatic heterocycles.